The standard InChI is InChI=1S/C17H14F3N5O/c18-12-4-1-3-11(7-12)17(5-2-6-17)23-16-21-8-10(9-22-16)14-24-25-15(26-14)13(19)20/h1,3-4,7-9,13H,2,5-6H2,(H,21,22,23). The van der Waals surface area contributed by atoms with E-state index in [2.05, 4.69) is 25.5 Å². The van der Waals surface area contributed by atoms with Crippen molar-refractivity contribution in [1.29, 1.82) is 0 Å². The van der Waals surface area contributed by atoms with Gasteiger partial charge in [0.15, 0.2) is 0 Å². The third kappa shape index (κ3) is 3.00. The predicted octanol–water partition coefficient (Wildman–Crippen LogP) is 4.09. The summed E-state index contributed by atoms with van der Waals surface area (Å²) < 4.78 is 43.5. The molecule has 0 atom stereocenters. The van der Waals surface area contributed by atoms with Crippen molar-refractivity contribution >= 4 is 5.95 Å². The molecule has 2 aromatic heterocycles. The molecule has 0 spiro atoms. The number of alkyl halides is 2. The number of rotatable bonds is 5. The molecule has 1 aromatic carbocycles. The average Bonchev–Trinajstić information content (AvgIpc) is 3.09. The molecule has 4 rings (SSSR count). The lowest BCUT2D eigenvalue weighted by Crippen LogP contribution is -2.42. The van der Waals surface area contributed by atoms with Crippen molar-refractivity contribution in [3.05, 3.63) is 53.9 Å². The molecular formula is C17H14F3N5O. The van der Waals surface area contributed by atoms with Crippen molar-refractivity contribution < 1.29 is 17.6 Å². The summed E-state index contributed by atoms with van der Waals surface area (Å²) in [6.07, 6.45) is 2.68. The van der Waals surface area contributed by atoms with Crippen LogP contribution in [0.4, 0.5) is 19.1 Å². The first-order valence-corrected chi connectivity index (χ1v) is 8.04. The summed E-state index contributed by atoms with van der Waals surface area (Å²) in [4.78, 5) is 8.39. The number of nitrogens with one attached hydrogen (secondary N) is 1. The van der Waals surface area contributed by atoms with E-state index >= 15 is 0 Å². The van der Waals surface area contributed by atoms with Crippen LogP contribution in [0.15, 0.2) is 41.1 Å². The van der Waals surface area contributed by atoms with Crippen molar-refractivity contribution in [2.75, 3.05) is 5.32 Å². The molecule has 0 saturated heterocycles. The van der Waals surface area contributed by atoms with Gasteiger partial charge in [0.2, 0.25) is 5.95 Å². The van der Waals surface area contributed by atoms with E-state index in [1.54, 1.807) is 6.07 Å². The van der Waals surface area contributed by atoms with Gasteiger partial charge in [-0.05, 0) is 37.0 Å². The Kier molecular flexibility index (Phi) is 4.06. The van der Waals surface area contributed by atoms with Crippen molar-refractivity contribution in [2.45, 2.75) is 31.2 Å². The zero-order chi connectivity index (χ0) is 18.1. The highest BCUT2D eigenvalue weighted by Crippen LogP contribution is 2.43. The van der Waals surface area contributed by atoms with E-state index in [0.717, 1.165) is 24.8 Å². The summed E-state index contributed by atoms with van der Waals surface area (Å²) in [6, 6.07) is 6.45. The quantitative estimate of drug-likeness (QED) is 0.737. The molecule has 1 saturated carbocycles. The van der Waals surface area contributed by atoms with Crippen LogP contribution >= 0.6 is 0 Å². The Bertz CT molecular complexity index is 909. The minimum atomic E-state index is -2.83. The predicted molar refractivity (Wildman–Crippen MR) is 85.8 cm³/mol. The van der Waals surface area contributed by atoms with Crippen molar-refractivity contribution in [1.82, 2.24) is 20.2 Å². The normalized spacial score (nSPS) is 15.7. The minimum Gasteiger partial charge on any atom is -0.415 e. The van der Waals surface area contributed by atoms with Gasteiger partial charge in [-0.25, -0.2) is 14.4 Å². The highest BCUT2D eigenvalue weighted by Gasteiger charge is 2.39. The summed E-state index contributed by atoms with van der Waals surface area (Å²) in [5, 5.41) is 10.1. The van der Waals surface area contributed by atoms with E-state index < -0.39 is 17.9 Å². The van der Waals surface area contributed by atoms with E-state index in [1.807, 2.05) is 6.07 Å². The molecule has 26 heavy (non-hydrogen) atoms. The lowest BCUT2D eigenvalue weighted by atomic mass is 9.72. The number of halogens is 3. The zero-order valence-corrected chi connectivity index (χ0v) is 13.5. The Morgan fingerprint density at radius 3 is 2.46 bits per heavy atom. The Hall–Kier alpha value is -2.97. The smallest absolute Gasteiger partial charge is 0.314 e. The molecule has 3 aromatic rings. The van der Waals surface area contributed by atoms with Gasteiger partial charge in [-0.3, -0.25) is 0 Å². The molecule has 0 radical (unpaired) electrons. The summed E-state index contributed by atoms with van der Waals surface area (Å²) in [6.45, 7) is 0. The summed E-state index contributed by atoms with van der Waals surface area (Å²) in [7, 11) is 0. The van der Waals surface area contributed by atoms with Gasteiger partial charge in [0, 0.05) is 12.4 Å². The van der Waals surface area contributed by atoms with Gasteiger partial charge in [-0.15, -0.1) is 10.2 Å². The van der Waals surface area contributed by atoms with Crippen molar-refractivity contribution in [3.63, 3.8) is 0 Å². The molecule has 0 bridgehead atoms. The fraction of sp³-hybridized carbons (Fsp3) is 0.294. The average molecular weight is 361 g/mol. The van der Waals surface area contributed by atoms with Gasteiger partial charge in [0.25, 0.3) is 11.8 Å². The second-order valence-electron chi connectivity index (χ2n) is 6.11. The molecule has 0 unspecified atom stereocenters. The molecule has 0 aliphatic heterocycles. The van der Waals surface area contributed by atoms with Crippen LogP contribution in [0, 0.1) is 5.82 Å². The molecule has 9 heteroatoms. The van der Waals surface area contributed by atoms with Crippen LogP contribution in [-0.2, 0) is 5.54 Å². The van der Waals surface area contributed by atoms with Gasteiger partial charge in [0.05, 0.1) is 11.1 Å². The van der Waals surface area contributed by atoms with Crippen LogP contribution in [0.1, 0.15) is 37.1 Å². The molecule has 6 nitrogen and oxygen atoms in total. The second kappa shape index (κ2) is 6.40. The zero-order valence-electron chi connectivity index (χ0n) is 13.5. The van der Waals surface area contributed by atoms with Gasteiger partial charge in [0.1, 0.15) is 5.82 Å². The lowest BCUT2D eigenvalue weighted by molar-refractivity contribution is 0.116. The Balaban J connectivity index is 1.55. The van der Waals surface area contributed by atoms with E-state index in [4.69, 9.17) is 4.42 Å². The van der Waals surface area contributed by atoms with E-state index in [1.165, 1.54) is 24.5 Å². The van der Waals surface area contributed by atoms with E-state index in [9.17, 15) is 13.2 Å². The fourth-order valence-corrected chi connectivity index (χ4v) is 2.96. The number of hydrogen-bond acceptors (Lipinski definition) is 6. The van der Waals surface area contributed by atoms with Crippen LogP contribution in [0.25, 0.3) is 11.5 Å². The summed E-state index contributed by atoms with van der Waals surface area (Å²) in [5.41, 5.74) is 0.773. The van der Waals surface area contributed by atoms with Crippen molar-refractivity contribution in [2.24, 2.45) is 0 Å². The van der Waals surface area contributed by atoms with Gasteiger partial charge in [-0.2, -0.15) is 8.78 Å². The third-order valence-electron chi connectivity index (χ3n) is 4.46. The first kappa shape index (κ1) is 16.5. The molecule has 134 valence electrons. The highest BCUT2D eigenvalue weighted by molar-refractivity contribution is 5.51. The number of hydrogen-bond donors (Lipinski definition) is 1. The van der Waals surface area contributed by atoms with Crippen LogP contribution in [0.2, 0.25) is 0 Å². The topological polar surface area (TPSA) is 76.7 Å². The maximum absolute atomic E-state index is 13.6. The van der Waals surface area contributed by atoms with Gasteiger partial charge >= 0.3 is 6.43 Å². The van der Waals surface area contributed by atoms with E-state index in [0.29, 0.717) is 11.5 Å². The summed E-state index contributed by atoms with van der Waals surface area (Å²) in [5.74, 6) is -0.763. The maximum Gasteiger partial charge on any atom is 0.314 e. The second-order valence-corrected chi connectivity index (χ2v) is 6.11. The Labute approximate surface area is 146 Å². The molecule has 1 aliphatic carbocycles. The molecular weight excluding hydrogens is 347 g/mol. The van der Waals surface area contributed by atoms with Crippen molar-refractivity contribution in [3.8, 4) is 11.5 Å². The third-order valence-corrected chi connectivity index (χ3v) is 4.46. The largest absolute Gasteiger partial charge is 0.415 e. The number of benzene rings is 1. The SMILES string of the molecule is Fc1cccc(C2(Nc3ncc(-c4nnc(C(F)F)o4)cn3)CCC2)c1. The molecule has 1 N–H and O–H groups in total. The van der Waals surface area contributed by atoms with Crippen LogP contribution in [-0.4, -0.2) is 20.2 Å². The molecule has 1 fully saturated rings. The first-order chi connectivity index (χ1) is 12.6. The lowest BCUT2D eigenvalue weighted by Gasteiger charge is -2.43. The highest BCUT2D eigenvalue weighted by atomic mass is 19.3. The Morgan fingerprint density at radius 2 is 1.88 bits per heavy atom. The minimum absolute atomic E-state index is 0.0738. The molecule has 1 aliphatic rings. The number of nitrogens with zero attached hydrogens (tertiary/aromatic N) is 4. The summed E-state index contributed by atoms with van der Waals surface area (Å²) >= 11 is 0. The van der Waals surface area contributed by atoms with Gasteiger partial charge in [-0.1, -0.05) is 12.1 Å². The molecule has 0 amide bonds. The Morgan fingerprint density at radius 1 is 1.12 bits per heavy atom. The van der Waals surface area contributed by atoms with Crippen LogP contribution in [0.3, 0.4) is 0 Å². The number of anilines is 1. The van der Waals surface area contributed by atoms with Crippen LogP contribution in [0.5, 0.6) is 0 Å². The maximum atomic E-state index is 13.6. The van der Waals surface area contributed by atoms with Crippen LogP contribution < -0.4 is 5.32 Å². The monoisotopic (exact) mass is 361 g/mol. The first-order valence-electron chi connectivity index (χ1n) is 8.04. The van der Waals surface area contributed by atoms with Gasteiger partial charge < -0.3 is 9.73 Å². The molecule has 2 heterocycles. The fourth-order valence-electron chi connectivity index (χ4n) is 2.96. The van der Waals surface area contributed by atoms with E-state index in [-0.39, 0.29) is 11.7 Å². The number of aromatic nitrogens is 4.